The Bertz CT molecular complexity index is 3380. The van der Waals surface area contributed by atoms with E-state index in [0.29, 0.717) is 96.8 Å². The Hall–Kier alpha value is -0.710. The largest absolute Gasteiger partial charge is 1.00 e. The van der Waals surface area contributed by atoms with Crippen molar-refractivity contribution >= 4 is 107 Å². The number of carbonyl (C=O) groups is 1. The fraction of sp³-hybridized carbons (Fsp3) is 0.358. The number of aryl methyl sites for hydroxylation is 1. The van der Waals surface area contributed by atoms with Crippen molar-refractivity contribution in [1.82, 2.24) is 0 Å². The molecule has 0 saturated carbocycles. The second-order valence-electron chi connectivity index (χ2n) is 19.4. The Labute approximate surface area is 573 Å². The summed E-state index contributed by atoms with van der Waals surface area (Å²) in [6.07, 6.45) is 13.7. The van der Waals surface area contributed by atoms with Crippen LogP contribution < -0.4 is 139 Å². The normalized spacial score (nSPS) is 15.2. The number of aliphatic carboxylic acids is 1. The number of nitrogens with zero attached hydrogens (tertiary/aromatic N) is 2. The van der Waals surface area contributed by atoms with Crippen molar-refractivity contribution in [2.24, 2.45) is 0 Å². The Balaban J connectivity index is 0.00000431. The van der Waals surface area contributed by atoms with Gasteiger partial charge in [0.05, 0.1) is 39.3 Å². The molecule has 5 aromatic carbocycles. The van der Waals surface area contributed by atoms with Gasteiger partial charge in [-0.2, -0.15) is 17.6 Å². The van der Waals surface area contributed by atoms with Gasteiger partial charge in [-0.25, -0.2) is 16.8 Å². The number of fused-ring (bicyclic) bond motifs is 6. The van der Waals surface area contributed by atoms with Crippen LogP contribution in [0.1, 0.15) is 108 Å². The molecule has 5 aromatic rings. The zero-order valence-electron chi connectivity index (χ0n) is 46.6. The van der Waals surface area contributed by atoms with Crippen LogP contribution in [-0.2, 0) is 70.4 Å². The SMILES string of the molecule is CCCCCN1/C(=C/C=C(/C=C/C2=[N+](CCCCSOO[O-])c3ccc4c(SOO[O-])cc(S(=O)(=O)[O-])cc4c3C2(C)C)c2cccc(CCCCC(=O)O)c2)C(C)(C)c2c1ccc1c(S(=O)(=O)[O-])cc(SOO[O-])cc21.[Na+].[Na+].[Na+].[Na+]. The Kier molecular flexibility index (Phi) is 30.9. The first-order valence-corrected chi connectivity index (χ1v) is 29.7. The van der Waals surface area contributed by atoms with Crippen LogP contribution in [0.5, 0.6) is 0 Å². The second-order valence-corrected chi connectivity index (χ2v) is 24.4. The first-order chi connectivity index (χ1) is 36.7. The van der Waals surface area contributed by atoms with Crippen LogP contribution in [-0.4, -0.2) is 66.1 Å². The molecule has 0 radical (unpaired) electrons. The van der Waals surface area contributed by atoms with Gasteiger partial charge >= 0.3 is 124 Å². The molecule has 0 bridgehead atoms. The third-order valence-corrected chi connectivity index (χ3v) is 17.3. The molecule has 0 spiro atoms. The number of unbranched alkanes of at least 4 members (excludes halogenated alkanes) is 4. The van der Waals surface area contributed by atoms with E-state index in [1.165, 1.54) is 6.07 Å². The quantitative estimate of drug-likeness (QED) is 0.00747. The molecule has 0 saturated heterocycles. The summed E-state index contributed by atoms with van der Waals surface area (Å²) in [5.74, 6) is -0.434. The summed E-state index contributed by atoms with van der Waals surface area (Å²) in [4.78, 5) is 12.9. The summed E-state index contributed by atoms with van der Waals surface area (Å²) >= 11 is 1.83. The molecule has 0 aromatic heterocycles. The van der Waals surface area contributed by atoms with Gasteiger partial charge in [0.25, 0.3) is 0 Å². The molecule has 0 unspecified atom stereocenters. The number of carboxylic acid groups (broad SMARTS) is 1. The molecule has 2 aliphatic rings. The van der Waals surface area contributed by atoms with E-state index < -0.39 is 46.8 Å². The van der Waals surface area contributed by atoms with Crippen molar-refractivity contribution in [2.75, 3.05) is 23.7 Å². The van der Waals surface area contributed by atoms with E-state index in [9.17, 15) is 51.6 Å². The van der Waals surface area contributed by atoms with Crippen molar-refractivity contribution in [3.63, 3.8) is 0 Å². The number of anilines is 1. The average Bonchev–Trinajstić information content (AvgIpc) is 3.74. The molecule has 2 heterocycles. The Morgan fingerprint density at radius 1 is 0.728 bits per heavy atom. The summed E-state index contributed by atoms with van der Waals surface area (Å²) in [5.41, 5.74) is 5.47. The molecule has 1 N–H and O–H groups in total. The molecular formula is C53H56N2Na4O17S5. The van der Waals surface area contributed by atoms with Gasteiger partial charge < -0.3 is 34.9 Å². The number of allylic oxidation sites excluding steroid dienone is 6. The molecule has 0 aliphatic carbocycles. The number of hydrogen-bond donors (Lipinski definition) is 1. The van der Waals surface area contributed by atoms with Crippen LogP contribution >= 0.6 is 36.1 Å². The van der Waals surface area contributed by atoms with Gasteiger partial charge in [0.1, 0.15) is 26.8 Å². The van der Waals surface area contributed by atoms with Gasteiger partial charge in [-0.15, -0.1) is 0 Å². The minimum atomic E-state index is -5.01. The average molecular weight is 1250 g/mol. The van der Waals surface area contributed by atoms with Crippen LogP contribution in [0.15, 0.2) is 122 Å². The van der Waals surface area contributed by atoms with Gasteiger partial charge in [-0.1, -0.05) is 70.0 Å². The summed E-state index contributed by atoms with van der Waals surface area (Å²) < 4.78 is 92.0. The van der Waals surface area contributed by atoms with Crippen LogP contribution in [0.2, 0.25) is 0 Å². The van der Waals surface area contributed by atoms with Crippen LogP contribution in [0, 0.1) is 0 Å². The number of carboxylic acids is 1. The summed E-state index contributed by atoms with van der Waals surface area (Å²) in [6, 6.07) is 20.3. The van der Waals surface area contributed by atoms with Crippen molar-refractivity contribution in [2.45, 2.75) is 123 Å². The van der Waals surface area contributed by atoms with E-state index in [0.717, 1.165) is 88.5 Å². The molecule has 0 fully saturated rings. The number of rotatable bonds is 28. The van der Waals surface area contributed by atoms with Gasteiger partial charge in [0, 0.05) is 81.5 Å². The third-order valence-electron chi connectivity index (χ3n) is 13.8. The van der Waals surface area contributed by atoms with Crippen molar-refractivity contribution in [3.8, 4) is 0 Å². The second kappa shape index (κ2) is 33.6. The van der Waals surface area contributed by atoms with Crippen molar-refractivity contribution in [1.29, 1.82) is 0 Å². The molecule has 81 heavy (non-hydrogen) atoms. The van der Waals surface area contributed by atoms with Crippen LogP contribution in [0.3, 0.4) is 0 Å². The Morgan fingerprint density at radius 3 is 2.09 bits per heavy atom. The van der Waals surface area contributed by atoms with E-state index in [4.69, 9.17) is 0 Å². The van der Waals surface area contributed by atoms with E-state index in [-0.39, 0.29) is 140 Å². The van der Waals surface area contributed by atoms with E-state index >= 15 is 0 Å². The maximum Gasteiger partial charge on any atom is 1.00 e. The topological polar surface area (TPSA) is 283 Å². The number of benzene rings is 5. The van der Waals surface area contributed by atoms with Gasteiger partial charge in [-0.05, 0) is 138 Å². The summed E-state index contributed by atoms with van der Waals surface area (Å²) in [5, 5.41) is 54.0. The van der Waals surface area contributed by atoms with Gasteiger partial charge in [-0.3, -0.25) is 19.9 Å². The molecule has 7 rings (SSSR count). The molecule has 28 heteroatoms. The fourth-order valence-corrected chi connectivity index (χ4v) is 13.2. The Morgan fingerprint density at radius 2 is 1.42 bits per heavy atom. The summed E-state index contributed by atoms with van der Waals surface area (Å²) in [7, 11) is -10.0. The van der Waals surface area contributed by atoms with E-state index in [1.807, 2.05) is 82.3 Å². The molecular weight excluding hydrogens is 1190 g/mol. The first-order valence-electron chi connectivity index (χ1n) is 24.5. The van der Waals surface area contributed by atoms with Crippen molar-refractivity contribution < 1.29 is 203 Å². The molecule has 0 atom stereocenters. The standard InChI is InChI=1S/C53H60N2O17S5.4Na/c1-6-7-10-26-54-44-23-21-40-41(30-37(74-71-68-59)31-46(40)77(64,65)66)50(44)52(2,3)47(54)24-18-35(36-16-13-15-34(29-36)14-8-9-17-49(56)57)19-25-48-53(4,5)51-42-32-38(76(61,62)63)33-45(75-72-69-60)39(42)20-22-43(51)55(48)27-11-12-28-73-70-67-58;;;;/h13,15-16,18-25,29-33H,6-12,14,17,26-28H2,1-5H3,(H5-,56,57,58,59,60,61,62,63,64,65,66);;;;/q;4*+1/p-4. The zero-order chi connectivity index (χ0) is 55.7. The third kappa shape index (κ3) is 18.2. The molecule has 0 amide bonds. The van der Waals surface area contributed by atoms with E-state index in [2.05, 4.69) is 50.6 Å². The number of hydrogen-bond acceptors (Lipinski definition) is 20. The molecule has 414 valence electrons. The maximum atomic E-state index is 12.8. The predicted molar refractivity (Wildman–Crippen MR) is 283 cm³/mol. The van der Waals surface area contributed by atoms with Crippen LogP contribution in [0.25, 0.3) is 27.1 Å². The smallest absolute Gasteiger partial charge is 0.744 e. The van der Waals surface area contributed by atoms with Gasteiger partial charge in [0.15, 0.2) is 5.71 Å². The molecule has 19 nitrogen and oxygen atoms in total. The first kappa shape index (κ1) is 74.5. The fourth-order valence-electron chi connectivity index (χ4n) is 10.4. The maximum absolute atomic E-state index is 12.8. The van der Waals surface area contributed by atoms with Gasteiger partial charge in [0.2, 0.25) is 5.69 Å². The van der Waals surface area contributed by atoms with E-state index in [1.54, 1.807) is 18.2 Å². The predicted octanol–water partition coefficient (Wildman–Crippen LogP) is -3.38. The monoisotopic (exact) mass is 1240 g/mol. The minimum Gasteiger partial charge on any atom is -0.744 e. The van der Waals surface area contributed by atoms with Crippen molar-refractivity contribution in [3.05, 3.63) is 125 Å². The molecule has 2 aliphatic heterocycles. The van der Waals surface area contributed by atoms with Crippen LogP contribution in [0.4, 0.5) is 11.4 Å². The zero-order valence-corrected chi connectivity index (χ0v) is 58.7. The summed E-state index contributed by atoms with van der Waals surface area (Å²) in [6.45, 7) is 11.1. The minimum absolute atomic E-state index is 0.